The highest BCUT2D eigenvalue weighted by atomic mass is 16.5. The van der Waals surface area contributed by atoms with E-state index < -0.39 is 0 Å². The molecule has 96 valence electrons. The molecule has 0 aliphatic heterocycles. The van der Waals surface area contributed by atoms with Crippen LogP contribution in [0.15, 0.2) is 12.1 Å². The van der Waals surface area contributed by atoms with Gasteiger partial charge in [-0.2, -0.15) is 0 Å². The van der Waals surface area contributed by atoms with E-state index in [1.165, 1.54) is 11.1 Å². The molecule has 2 N–H and O–H groups in total. The molecule has 0 aromatic heterocycles. The van der Waals surface area contributed by atoms with Gasteiger partial charge < -0.3 is 9.94 Å². The standard InChI is InChI=1S/C14H23NO2/c1-6-10-7-11(9-15-16)13(17-5)12(8-10)14(2,3)4/h7-8,15-16H,6,9H2,1-5H3. The van der Waals surface area contributed by atoms with Gasteiger partial charge in [-0.15, -0.1) is 0 Å². The molecule has 1 aromatic rings. The lowest BCUT2D eigenvalue weighted by molar-refractivity contribution is 0.160. The molecule has 0 saturated heterocycles. The van der Waals surface area contributed by atoms with E-state index in [0.717, 1.165) is 17.7 Å². The second kappa shape index (κ2) is 5.52. The number of nitrogens with one attached hydrogen (secondary N) is 1. The third-order valence-corrected chi connectivity index (χ3v) is 2.92. The molecular formula is C14H23NO2. The van der Waals surface area contributed by atoms with Crippen molar-refractivity contribution in [2.45, 2.75) is 46.1 Å². The zero-order valence-electron chi connectivity index (χ0n) is 11.4. The van der Waals surface area contributed by atoms with Crippen molar-refractivity contribution in [3.63, 3.8) is 0 Å². The Bertz CT molecular complexity index is 381. The summed E-state index contributed by atoms with van der Waals surface area (Å²) in [5.41, 5.74) is 5.69. The highest BCUT2D eigenvalue weighted by Gasteiger charge is 2.21. The highest BCUT2D eigenvalue weighted by Crippen LogP contribution is 2.35. The van der Waals surface area contributed by atoms with Gasteiger partial charge in [-0.25, -0.2) is 5.48 Å². The van der Waals surface area contributed by atoms with Gasteiger partial charge in [0.25, 0.3) is 0 Å². The van der Waals surface area contributed by atoms with E-state index in [9.17, 15) is 0 Å². The molecule has 0 aliphatic rings. The quantitative estimate of drug-likeness (QED) is 0.791. The summed E-state index contributed by atoms with van der Waals surface area (Å²) in [6.07, 6.45) is 0.978. The van der Waals surface area contributed by atoms with Crippen LogP contribution in [0.25, 0.3) is 0 Å². The molecule has 17 heavy (non-hydrogen) atoms. The zero-order valence-corrected chi connectivity index (χ0v) is 11.4. The molecule has 1 aromatic carbocycles. The Kier molecular flexibility index (Phi) is 4.54. The second-order valence-corrected chi connectivity index (χ2v) is 5.27. The summed E-state index contributed by atoms with van der Waals surface area (Å²) in [6, 6.07) is 4.27. The minimum Gasteiger partial charge on any atom is -0.496 e. The van der Waals surface area contributed by atoms with Crippen molar-refractivity contribution in [2.24, 2.45) is 0 Å². The number of rotatable bonds is 4. The molecule has 0 aliphatic carbocycles. The first kappa shape index (κ1) is 14.0. The fourth-order valence-corrected chi connectivity index (χ4v) is 1.97. The fourth-order valence-electron chi connectivity index (χ4n) is 1.97. The summed E-state index contributed by atoms with van der Waals surface area (Å²) in [6.45, 7) is 9.03. The smallest absolute Gasteiger partial charge is 0.127 e. The van der Waals surface area contributed by atoms with Crippen LogP contribution < -0.4 is 10.2 Å². The average Bonchev–Trinajstić information content (AvgIpc) is 2.27. The number of methoxy groups -OCH3 is 1. The first-order valence-electron chi connectivity index (χ1n) is 6.01. The first-order valence-corrected chi connectivity index (χ1v) is 6.01. The zero-order chi connectivity index (χ0) is 13.1. The number of hydrogen-bond donors (Lipinski definition) is 2. The highest BCUT2D eigenvalue weighted by molar-refractivity contribution is 5.48. The number of hydrogen-bond acceptors (Lipinski definition) is 3. The van der Waals surface area contributed by atoms with Crippen molar-refractivity contribution in [3.05, 3.63) is 28.8 Å². The summed E-state index contributed by atoms with van der Waals surface area (Å²) in [5.74, 6) is 0.872. The first-order chi connectivity index (χ1) is 7.93. The van der Waals surface area contributed by atoms with Crippen LogP contribution in [-0.4, -0.2) is 12.3 Å². The van der Waals surface area contributed by atoms with Crippen LogP contribution >= 0.6 is 0 Å². The van der Waals surface area contributed by atoms with Crippen molar-refractivity contribution >= 4 is 0 Å². The van der Waals surface area contributed by atoms with Crippen LogP contribution in [0.5, 0.6) is 5.75 Å². The third kappa shape index (κ3) is 3.20. The van der Waals surface area contributed by atoms with Crippen LogP contribution in [0.4, 0.5) is 0 Å². The predicted molar refractivity (Wildman–Crippen MR) is 69.7 cm³/mol. The molecule has 0 fully saturated rings. The molecule has 0 saturated carbocycles. The fraction of sp³-hybridized carbons (Fsp3) is 0.571. The van der Waals surface area contributed by atoms with E-state index in [4.69, 9.17) is 9.94 Å². The third-order valence-electron chi connectivity index (χ3n) is 2.92. The number of ether oxygens (including phenoxy) is 1. The lowest BCUT2D eigenvalue weighted by atomic mass is 9.83. The largest absolute Gasteiger partial charge is 0.496 e. The maximum absolute atomic E-state index is 8.89. The predicted octanol–water partition coefficient (Wildman–Crippen LogP) is 3.03. The van der Waals surface area contributed by atoms with Gasteiger partial charge in [0, 0.05) is 17.7 Å². The molecule has 0 bridgehead atoms. The Morgan fingerprint density at radius 1 is 1.29 bits per heavy atom. The molecular weight excluding hydrogens is 214 g/mol. The van der Waals surface area contributed by atoms with E-state index in [1.807, 2.05) is 0 Å². The lowest BCUT2D eigenvalue weighted by Crippen LogP contribution is -2.16. The molecule has 0 spiro atoms. The Hall–Kier alpha value is -1.06. The van der Waals surface area contributed by atoms with E-state index in [-0.39, 0.29) is 5.41 Å². The van der Waals surface area contributed by atoms with Crippen LogP contribution in [-0.2, 0) is 18.4 Å². The van der Waals surface area contributed by atoms with E-state index >= 15 is 0 Å². The summed E-state index contributed by atoms with van der Waals surface area (Å²) < 4.78 is 5.50. The summed E-state index contributed by atoms with van der Waals surface area (Å²) >= 11 is 0. The maximum Gasteiger partial charge on any atom is 0.127 e. The normalized spacial score (nSPS) is 11.6. The van der Waals surface area contributed by atoms with Gasteiger partial charge in [0.1, 0.15) is 5.75 Å². The van der Waals surface area contributed by atoms with Gasteiger partial charge in [-0.1, -0.05) is 39.8 Å². The number of benzene rings is 1. The van der Waals surface area contributed by atoms with E-state index in [0.29, 0.717) is 6.54 Å². The Labute approximate surface area is 104 Å². The van der Waals surface area contributed by atoms with Gasteiger partial charge in [-0.05, 0) is 17.4 Å². The SMILES string of the molecule is CCc1cc(CNO)c(OC)c(C(C)(C)C)c1. The average molecular weight is 237 g/mol. The molecule has 3 heteroatoms. The lowest BCUT2D eigenvalue weighted by Gasteiger charge is -2.25. The molecule has 0 radical (unpaired) electrons. The van der Waals surface area contributed by atoms with Crippen LogP contribution in [0.1, 0.15) is 44.4 Å². The van der Waals surface area contributed by atoms with Gasteiger partial charge in [0.2, 0.25) is 0 Å². The molecule has 0 heterocycles. The van der Waals surface area contributed by atoms with Gasteiger partial charge in [0.05, 0.1) is 7.11 Å². The van der Waals surface area contributed by atoms with E-state index in [1.54, 1.807) is 7.11 Å². The van der Waals surface area contributed by atoms with Crippen LogP contribution in [0.3, 0.4) is 0 Å². The van der Waals surface area contributed by atoms with E-state index in [2.05, 4.69) is 45.3 Å². The number of aryl methyl sites for hydroxylation is 1. The number of hydroxylamine groups is 1. The van der Waals surface area contributed by atoms with Crippen molar-refractivity contribution in [2.75, 3.05) is 7.11 Å². The molecule has 1 rings (SSSR count). The summed E-state index contributed by atoms with van der Waals surface area (Å²) in [4.78, 5) is 0. The molecule has 0 unspecified atom stereocenters. The molecule has 0 atom stereocenters. The topological polar surface area (TPSA) is 41.5 Å². The van der Waals surface area contributed by atoms with Crippen LogP contribution in [0.2, 0.25) is 0 Å². The van der Waals surface area contributed by atoms with Gasteiger partial charge in [0.15, 0.2) is 0 Å². The molecule has 3 nitrogen and oxygen atoms in total. The van der Waals surface area contributed by atoms with Gasteiger partial charge >= 0.3 is 0 Å². The Balaban J connectivity index is 3.39. The minimum atomic E-state index is 0.0285. The van der Waals surface area contributed by atoms with Crippen LogP contribution in [0, 0.1) is 0 Å². The Morgan fingerprint density at radius 2 is 1.94 bits per heavy atom. The minimum absolute atomic E-state index is 0.0285. The van der Waals surface area contributed by atoms with Crippen molar-refractivity contribution in [3.8, 4) is 5.75 Å². The van der Waals surface area contributed by atoms with Crippen molar-refractivity contribution in [1.82, 2.24) is 5.48 Å². The van der Waals surface area contributed by atoms with Crippen molar-refractivity contribution < 1.29 is 9.94 Å². The Morgan fingerprint density at radius 3 is 2.35 bits per heavy atom. The summed E-state index contributed by atoms with van der Waals surface area (Å²) in [5, 5.41) is 8.89. The maximum atomic E-state index is 8.89. The second-order valence-electron chi connectivity index (χ2n) is 5.27. The summed E-state index contributed by atoms with van der Waals surface area (Å²) in [7, 11) is 1.68. The van der Waals surface area contributed by atoms with Crippen molar-refractivity contribution in [1.29, 1.82) is 0 Å². The van der Waals surface area contributed by atoms with Gasteiger partial charge in [-0.3, -0.25) is 0 Å². The molecule has 0 amide bonds. The monoisotopic (exact) mass is 237 g/mol.